The fourth-order valence-electron chi connectivity index (χ4n) is 1.76. The lowest BCUT2D eigenvalue weighted by Crippen LogP contribution is -2.22. The molecule has 1 unspecified atom stereocenters. The zero-order valence-electron chi connectivity index (χ0n) is 11.6. The zero-order chi connectivity index (χ0) is 15.5. The first-order chi connectivity index (χ1) is 10.6. The van der Waals surface area contributed by atoms with E-state index >= 15 is 0 Å². The van der Waals surface area contributed by atoms with Crippen LogP contribution in [0.4, 0.5) is 10.2 Å². The summed E-state index contributed by atoms with van der Waals surface area (Å²) in [5.41, 5.74) is 0. The van der Waals surface area contributed by atoms with Crippen molar-refractivity contribution in [2.75, 3.05) is 5.32 Å². The average Bonchev–Trinajstić information content (AvgIpc) is 3.20. The number of nitrogens with one attached hydrogen (secondary N) is 1. The highest BCUT2D eigenvalue weighted by molar-refractivity contribution is 5.93. The number of anilines is 1. The minimum Gasteiger partial charge on any atom is -0.461 e. The van der Waals surface area contributed by atoms with Crippen LogP contribution in [0.3, 0.4) is 0 Å². The van der Waals surface area contributed by atoms with Crippen LogP contribution in [0.25, 0.3) is 17.4 Å². The fraction of sp³-hybridized carbons (Fsp3) is 0.143. The number of amides is 1. The number of halogens is 1. The molecule has 0 aromatic carbocycles. The maximum absolute atomic E-state index is 13.0. The van der Waals surface area contributed by atoms with E-state index in [1.807, 2.05) is 0 Å². The van der Waals surface area contributed by atoms with Gasteiger partial charge in [-0.15, -0.1) is 0 Å². The molecule has 0 saturated heterocycles. The summed E-state index contributed by atoms with van der Waals surface area (Å²) < 4.78 is 19.8. The van der Waals surface area contributed by atoms with Crippen LogP contribution >= 0.6 is 0 Å². The lowest BCUT2D eigenvalue weighted by molar-refractivity contribution is -0.120. The Labute approximate surface area is 124 Å². The SMILES string of the molecule is CC(F)C(=O)Nc1cc(-n2cccn2)nc(-c2ccco2)n1. The van der Waals surface area contributed by atoms with Crippen LogP contribution in [-0.2, 0) is 4.79 Å². The van der Waals surface area contributed by atoms with E-state index in [0.29, 0.717) is 11.6 Å². The number of carbonyl (C=O) groups is 1. The number of nitrogens with zero attached hydrogens (tertiary/aromatic N) is 4. The molecule has 0 spiro atoms. The van der Waals surface area contributed by atoms with E-state index in [0.717, 1.165) is 6.92 Å². The molecular formula is C14H12FN5O2. The van der Waals surface area contributed by atoms with Crippen molar-refractivity contribution in [3.63, 3.8) is 0 Å². The minimum absolute atomic E-state index is 0.168. The monoisotopic (exact) mass is 301 g/mol. The lowest BCUT2D eigenvalue weighted by Gasteiger charge is -2.09. The Balaban J connectivity index is 2.04. The Bertz CT molecular complexity index is 716. The predicted molar refractivity (Wildman–Crippen MR) is 76.1 cm³/mol. The highest BCUT2D eigenvalue weighted by atomic mass is 19.1. The van der Waals surface area contributed by atoms with Gasteiger partial charge in [0.05, 0.1) is 6.26 Å². The maximum atomic E-state index is 13.0. The van der Waals surface area contributed by atoms with Crippen molar-refractivity contribution in [2.24, 2.45) is 0 Å². The molecule has 1 amide bonds. The minimum atomic E-state index is -1.64. The Morgan fingerprint density at radius 2 is 2.27 bits per heavy atom. The van der Waals surface area contributed by atoms with Gasteiger partial charge in [0.2, 0.25) is 0 Å². The second-order valence-electron chi connectivity index (χ2n) is 4.47. The van der Waals surface area contributed by atoms with Gasteiger partial charge in [-0.25, -0.2) is 19.0 Å². The van der Waals surface area contributed by atoms with Gasteiger partial charge in [-0.1, -0.05) is 0 Å². The van der Waals surface area contributed by atoms with Crippen LogP contribution in [0.5, 0.6) is 0 Å². The summed E-state index contributed by atoms with van der Waals surface area (Å²) in [6.45, 7) is 1.15. The van der Waals surface area contributed by atoms with Crippen molar-refractivity contribution in [3.8, 4) is 17.4 Å². The quantitative estimate of drug-likeness (QED) is 0.798. The molecule has 7 nitrogen and oxygen atoms in total. The highest BCUT2D eigenvalue weighted by Gasteiger charge is 2.15. The molecule has 3 heterocycles. The third-order valence-electron chi connectivity index (χ3n) is 2.81. The summed E-state index contributed by atoms with van der Waals surface area (Å²) in [6, 6.07) is 6.61. The van der Waals surface area contributed by atoms with Crippen molar-refractivity contribution >= 4 is 11.7 Å². The molecule has 3 aromatic heterocycles. The summed E-state index contributed by atoms with van der Waals surface area (Å²) >= 11 is 0. The molecule has 3 rings (SSSR count). The summed E-state index contributed by atoms with van der Waals surface area (Å²) in [6.07, 6.45) is 3.13. The third-order valence-corrected chi connectivity index (χ3v) is 2.81. The van der Waals surface area contributed by atoms with E-state index in [1.54, 1.807) is 30.6 Å². The van der Waals surface area contributed by atoms with Crippen LogP contribution in [0, 0.1) is 0 Å². The van der Waals surface area contributed by atoms with Crippen molar-refractivity contribution in [2.45, 2.75) is 13.1 Å². The number of rotatable bonds is 4. The standard InChI is InChI=1S/C14H12FN5O2/c1-9(15)14(21)18-11-8-12(20-6-3-5-16-20)19-13(17-11)10-4-2-7-22-10/h2-9H,1H3,(H,17,18,19,21). The summed E-state index contributed by atoms with van der Waals surface area (Å²) in [5, 5.41) is 6.47. The molecule has 112 valence electrons. The normalized spacial score (nSPS) is 12.1. The van der Waals surface area contributed by atoms with E-state index in [2.05, 4.69) is 20.4 Å². The van der Waals surface area contributed by atoms with E-state index in [-0.39, 0.29) is 11.6 Å². The number of alkyl halides is 1. The van der Waals surface area contributed by atoms with Crippen molar-refractivity contribution in [1.82, 2.24) is 19.7 Å². The van der Waals surface area contributed by atoms with Crippen LogP contribution in [0.15, 0.2) is 47.3 Å². The first-order valence-corrected chi connectivity index (χ1v) is 6.51. The molecule has 1 atom stereocenters. The molecule has 0 bridgehead atoms. The van der Waals surface area contributed by atoms with Gasteiger partial charge in [0.25, 0.3) is 5.91 Å². The Morgan fingerprint density at radius 1 is 1.41 bits per heavy atom. The van der Waals surface area contributed by atoms with Gasteiger partial charge in [-0.3, -0.25) is 4.79 Å². The second kappa shape index (κ2) is 5.76. The largest absolute Gasteiger partial charge is 0.461 e. The smallest absolute Gasteiger partial charge is 0.259 e. The molecule has 8 heteroatoms. The zero-order valence-corrected chi connectivity index (χ0v) is 11.6. The topological polar surface area (TPSA) is 85.8 Å². The van der Waals surface area contributed by atoms with Crippen LogP contribution in [-0.4, -0.2) is 31.8 Å². The number of aromatic nitrogens is 4. The number of hydrogen-bond acceptors (Lipinski definition) is 5. The molecule has 3 aromatic rings. The Hall–Kier alpha value is -3.03. The molecule has 0 aliphatic carbocycles. The number of carbonyl (C=O) groups excluding carboxylic acids is 1. The molecule has 0 aliphatic rings. The second-order valence-corrected chi connectivity index (χ2v) is 4.47. The van der Waals surface area contributed by atoms with Crippen LogP contribution < -0.4 is 5.32 Å². The Morgan fingerprint density at radius 3 is 2.91 bits per heavy atom. The van der Waals surface area contributed by atoms with Gasteiger partial charge in [-0.05, 0) is 25.1 Å². The average molecular weight is 301 g/mol. The van der Waals surface area contributed by atoms with E-state index in [9.17, 15) is 9.18 Å². The maximum Gasteiger partial charge on any atom is 0.259 e. The van der Waals surface area contributed by atoms with Gasteiger partial charge in [-0.2, -0.15) is 5.10 Å². The van der Waals surface area contributed by atoms with E-state index < -0.39 is 12.1 Å². The molecule has 0 radical (unpaired) electrons. The van der Waals surface area contributed by atoms with Gasteiger partial charge in [0.1, 0.15) is 5.82 Å². The first-order valence-electron chi connectivity index (χ1n) is 6.51. The van der Waals surface area contributed by atoms with Crippen molar-refractivity contribution in [1.29, 1.82) is 0 Å². The van der Waals surface area contributed by atoms with Crippen molar-refractivity contribution < 1.29 is 13.6 Å². The van der Waals surface area contributed by atoms with E-state index in [1.165, 1.54) is 17.0 Å². The number of furan rings is 1. The van der Waals surface area contributed by atoms with E-state index in [4.69, 9.17) is 4.42 Å². The van der Waals surface area contributed by atoms with Crippen molar-refractivity contribution in [3.05, 3.63) is 42.9 Å². The highest BCUT2D eigenvalue weighted by Crippen LogP contribution is 2.20. The molecule has 0 aliphatic heterocycles. The molecule has 0 fully saturated rings. The number of hydrogen-bond donors (Lipinski definition) is 1. The first kappa shape index (κ1) is 13.9. The summed E-state index contributed by atoms with van der Waals surface area (Å²) in [4.78, 5) is 20.0. The predicted octanol–water partition coefficient (Wildman–Crippen LogP) is 2.22. The Kier molecular flexibility index (Phi) is 3.65. The molecule has 0 saturated carbocycles. The fourth-order valence-corrected chi connectivity index (χ4v) is 1.76. The van der Waals surface area contributed by atoms with Gasteiger partial charge in [0, 0.05) is 18.5 Å². The summed E-state index contributed by atoms with van der Waals surface area (Å²) in [7, 11) is 0. The molecule has 22 heavy (non-hydrogen) atoms. The molecular weight excluding hydrogens is 289 g/mol. The van der Waals surface area contributed by atoms with Gasteiger partial charge >= 0.3 is 0 Å². The van der Waals surface area contributed by atoms with Gasteiger partial charge in [0.15, 0.2) is 23.6 Å². The van der Waals surface area contributed by atoms with Crippen LogP contribution in [0.2, 0.25) is 0 Å². The van der Waals surface area contributed by atoms with Crippen LogP contribution in [0.1, 0.15) is 6.92 Å². The lowest BCUT2D eigenvalue weighted by atomic mass is 10.3. The third kappa shape index (κ3) is 2.85. The molecule has 1 N–H and O–H groups in total. The summed E-state index contributed by atoms with van der Waals surface area (Å²) in [5.74, 6) is 0.503. The van der Waals surface area contributed by atoms with Gasteiger partial charge < -0.3 is 9.73 Å².